The molecule has 0 N–H and O–H groups in total. The van der Waals surface area contributed by atoms with E-state index in [0.717, 1.165) is 10.9 Å². The third kappa shape index (κ3) is 3.69. The van der Waals surface area contributed by atoms with Gasteiger partial charge in [-0.05, 0) is 30.7 Å². The van der Waals surface area contributed by atoms with Crippen molar-refractivity contribution in [1.82, 2.24) is 0 Å². The summed E-state index contributed by atoms with van der Waals surface area (Å²) >= 11 is 0. The Balaban J connectivity index is 1.86. The molecule has 134 valence electrons. The number of carbonyl (C=O) groups excluding carboxylic acids is 1. The minimum atomic E-state index is -0.546. The number of carbonyl (C=O) groups is 1. The lowest BCUT2D eigenvalue weighted by Crippen LogP contribution is -2.08. The molecule has 6 heteroatoms. The molecule has 2 aromatic carbocycles. The van der Waals surface area contributed by atoms with Crippen molar-refractivity contribution in [1.29, 1.82) is 0 Å². The predicted molar refractivity (Wildman–Crippen MR) is 95.9 cm³/mol. The molecular weight excluding hydrogens is 336 g/mol. The Bertz CT molecular complexity index is 996. The molecule has 3 rings (SSSR count). The summed E-state index contributed by atoms with van der Waals surface area (Å²) in [5, 5.41) is 0.728. The maximum atomic E-state index is 12.4. The summed E-state index contributed by atoms with van der Waals surface area (Å²) in [6.07, 6.45) is 0. The van der Waals surface area contributed by atoms with E-state index >= 15 is 0 Å². The van der Waals surface area contributed by atoms with Gasteiger partial charge in [0.2, 0.25) is 0 Å². The summed E-state index contributed by atoms with van der Waals surface area (Å²) in [4.78, 5) is 24.2. The molecule has 0 amide bonds. The Labute approximate surface area is 149 Å². The lowest BCUT2D eigenvalue weighted by Gasteiger charge is -2.10. The smallest absolute Gasteiger partial charge is 0.338 e. The Kier molecular flexibility index (Phi) is 4.93. The predicted octanol–water partition coefficient (Wildman–Crippen LogP) is 3.48. The molecule has 0 radical (unpaired) electrons. The molecule has 0 saturated carbocycles. The molecule has 0 unspecified atom stereocenters. The molecule has 0 fully saturated rings. The van der Waals surface area contributed by atoms with Crippen LogP contribution in [0.5, 0.6) is 11.5 Å². The van der Waals surface area contributed by atoms with Gasteiger partial charge in [0.15, 0.2) is 0 Å². The van der Waals surface area contributed by atoms with Gasteiger partial charge in [-0.2, -0.15) is 0 Å². The highest BCUT2D eigenvalue weighted by atomic mass is 16.5. The number of methoxy groups -OCH3 is 2. The van der Waals surface area contributed by atoms with Crippen molar-refractivity contribution in [3.05, 3.63) is 69.6 Å². The molecule has 6 nitrogen and oxygen atoms in total. The van der Waals surface area contributed by atoms with Gasteiger partial charge in [-0.15, -0.1) is 0 Å². The topological polar surface area (TPSA) is 75.0 Å². The van der Waals surface area contributed by atoms with Crippen LogP contribution in [-0.4, -0.2) is 20.2 Å². The van der Waals surface area contributed by atoms with Crippen molar-refractivity contribution in [2.24, 2.45) is 0 Å². The van der Waals surface area contributed by atoms with Crippen LogP contribution < -0.4 is 15.1 Å². The number of hydrogen-bond donors (Lipinski definition) is 0. The number of benzene rings is 2. The SMILES string of the molecule is COc1cc(OC)cc(C(=O)OCc2cc(=O)oc3cc(C)ccc23)c1. The van der Waals surface area contributed by atoms with E-state index in [4.69, 9.17) is 18.6 Å². The normalized spacial score (nSPS) is 10.6. The third-order valence-electron chi connectivity index (χ3n) is 3.93. The van der Waals surface area contributed by atoms with Gasteiger partial charge < -0.3 is 18.6 Å². The molecule has 1 heterocycles. The van der Waals surface area contributed by atoms with Gasteiger partial charge in [0.1, 0.15) is 23.7 Å². The Morgan fingerprint density at radius 1 is 1.00 bits per heavy atom. The minimum Gasteiger partial charge on any atom is -0.497 e. The average molecular weight is 354 g/mol. The maximum absolute atomic E-state index is 12.4. The van der Waals surface area contributed by atoms with Gasteiger partial charge in [0.25, 0.3) is 0 Å². The second kappa shape index (κ2) is 7.31. The molecule has 0 aliphatic rings. The van der Waals surface area contributed by atoms with Gasteiger partial charge in [0.05, 0.1) is 19.8 Å². The van der Waals surface area contributed by atoms with Crippen LogP contribution in [-0.2, 0) is 11.3 Å². The summed E-state index contributed by atoms with van der Waals surface area (Å²) in [7, 11) is 3.00. The first-order valence-corrected chi connectivity index (χ1v) is 7.94. The summed E-state index contributed by atoms with van der Waals surface area (Å²) in [6.45, 7) is 1.85. The second-order valence-corrected chi connectivity index (χ2v) is 5.77. The fraction of sp³-hybridized carbons (Fsp3) is 0.200. The zero-order chi connectivity index (χ0) is 18.7. The molecule has 0 aliphatic heterocycles. The maximum Gasteiger partial charge on any atom is 0.338 e. The third-order valence-corrected chi connectivity index (χ3v) is 3.93. The van der Waals surface area contributed by atoms with E-state index in [-0.39, 0.29) is 6.61 Å². The summed E-state index contributed by atoms with van der Waals surface area (Å²) < 4.78 is 20.9. The van der Waals surface area contributed by atoms with Crippen LogP contribution in [0.25, 0.3) is 11.0 Å². The van der Waals surface area contributed by atoms with Gasteiger partial charge in [-0.3, -0.25) is 0 Å². The Hall–Kier alpha value is -3.28. The highest BCUT2D eigenvalue weighted by Crippen LogP contribution is 2.24. The second-order valence-electron chi connectivity index (χ2n) is 5.77. The molecule has 0 atom stereocenters. The average Bonchev–Trinajstić information content (AvgIpc) is 2.64. The van der Waals surface area contributed by atoms with Crippen LogP contribution in [0.15, 0.2) is 51.7 Å². The minimum absolute atomic E-state index is 0.0521. The molecule has 0 aliphatic carbocycles. The monoisotopic (exact) mass is 354 g/mol. The van der Waals surface area contributed by atoms with Gasteiger partial charge in [0, 0.05) is 23.1 Å². The van der Waals surface area contributed by atoms with Crippen LogP contribution >= 0.6 is 0 Å². The van der Waals surface area contributed by atoms with Crippen molar-refractivity contribution < 1.29 is 23.4 Å². The lowest BCUT2D eigenvalue weighted by atomic mass is 10.1. The first-order valence-electron chi connectivity index (χ1n) is 7.94. The van der Waals surface area contributed by atoms with Crippen LogP contribution in [0, 0.1) is 6.92 Å². The number of aryl methyl sites for hydroxylation is 1. The van der Waals surface area contributed by atoms with Crippen LogP contribution in [0.4, 0.5) is 0 Å². The largest absolute Gasteiger partial charge is 0.497 e. The van der Waals surface area contributed by atoms with Crippen molar-refractivity contribution >= 4 is 16.9 Å². The lowest BCUT2D eigenvalue weighted by molar-refractivity contribution is 0.0473. The van der Waals surface area contributed by atoms with Crippen LogP contribution in [0.2, 0.25) is 0 Å². The number of esters is 1. The van der Waals surface area contributed by atoms with E-state index in [2.05, 4.69) is 0 Å². The van der Waals surface area contributed by atoms with Gasteiger partial charge >= 0.3 is 11.6 Å². The number of hydrogen-bond acceptors (Lipinski definition) is 6. The molecule has 0 saturated heterocycles. The zero-order valence-corrected chi connectivity index (χ0v) is 14.7. The van der Waals surface area contributed by atoms with Crippen molar-refractivity contribution in [2.45, 2.75) is 13.5 Å². The number of fused-ring (bicyclic) bond motifs is 1. The van der Waals surface area contributed by atoms with Crippen molar-refractivity contribution in [2.75, 3.05) is 14.2 Å². The van der Waals surface area contributed by atoms with E-state index in [1.165, 1.54) is 20.3 Å². The Morgan fingerprint density at radius 3 is 2.35 bits per heavy atom. The fourth-order valence-electron chi connectivity index (χ4n) is 2.61. The molecule has 0 spiro atoms. The molecule has 0 bridgehead atoms. The number of ether oxygens (including phenoxy) is 3. The van der Waals surface area contributed by atoms with E-state index in [1.807, 2.05) is 19.1 Å². The summed E-state index contributed by atoms with van der Waals surface area (Å²) in [6, 6.07) is 11.6. The zero-order valence-electron chi connectivity index (χ0n) is 14.7. The van der Waals surface area contributed by atoms with E-state index in [1.54, 1.807) is 24.3 Å². The Morgan fingerprint density at radius 2 is 1.69 bits per heavy atom. The molecule has 26 heavy (non-hydrogen) atoms. The van der Waals surface area contributed by atoms with E-state index in [9.17, 15) is 9.59 Å². The molecule has 1 aromatic heterocycles. The summed E-state index contributed by atoms with van der Waals surface area (Å²) in [5.41, 5.74) is 1.82. The van der Waals surface area contributed by atoms with E-state index < -0.39 is 11.6 Å². The number of rotatable bonds is 5. The first kappa shape index (κ1) is 17.5. The molecular formula is C20H18O6. The van der Waals surface area contributed by atoms with Gasteiger partial charge in [-0.1, -0.05) is 12.1 Å². The first-order chi connectivity index (χ1) is 12.5. The molecule has 3 aromatic rings. The van der Waals surface area contributed by atoms with Gasteiger partial charge in [-0.25, -0.2) is 9.59 Å². The quantitative estimate of drug-likeness (QED) is 0.516. The standard InChI is InChI=1S/C20H18O6/c1-12-4-5-17-14(9-19(21)26-18(17)6-12)11-25-20(22)13-7-15(23-2)10-16(8-13)24-3/h4-10H,11H2,1-3H3. The highest BCUT2D eigenvalue weighted by molar-refractivity contribution is 5.90. The van der Waals surface area contributed by atoms with Crippen LogP contribution in [0.3, 0.4) is 0 Å². The fourth-order valence-corrected chi connectivity index (χ4v) is 2.61. The van der Waals surface area contributed by atoms with E-state index in [0.29, 0.717) is 28.2 Å². The highest BCUT2D eigenvalue weighted by Gasteiger charge is 2.13. The summed E-state index contributed by atoms with van der Waals surface area (Å²) in [5.74, 6) is 0.422. The van der Waals surface area contributed by atoms with Crippen molar-refractivity contribution in [3.8, 4) is 11.5 Å². The van der Waals surface area contributed by atoms with Crippen LogP contribution in [0.1, 0.15) is 21.5 Å². The van der Waals surface area contributed by atoms with Crippen molar-refractivity contribution in [3.63, 3.8) is 0 Å².